The standard InChI is InChI=1S/C28H21BrN2O3/c1-17-7-10-26-24(11-17)31-28(34-26)22-15-21(8-9-25(22)32)30-16-20-13-19(14-23(29)27(20)33)12-18-5-3-2-4-6-18/h2-11,13-16,32-33H,12H2,1H3. The molecular weight excluding hydrogens is 492 g/mol. The first kappa shape index (κ1) is 21.9. The van der Waals surface area contributed by atoms with Gasteiger partial charge in [-0.2, -0.15) is 0 Å². The van der Waals surface area contributed by atoms with Gasteiger partial charge in [-0.1, -0.05) is 36.4 Å². The van der Waals surface area contributed by atoms with Gasteiger partial charge in [0.05, 0.1) is 15.7 Å². The Balaban J connectivity index is 1.46. The van der Waals surface area contributed by atoms with E-state index in [-0.39, 0.29) is 11.5 Å². The number of aryl methyl sites for hydroxylation is 1. The third kappa shape index (κ3) is 4.58. The summed E-state index contributed by atoms with van der Waals surface area (Å²) in [6.45, 7) is 1.99. The summed E-state index contributed by atoms with van der Waals surface area (Å²) in [4.78, 5) is 9.05. The molecule has 0 aliphatic carbocycles. The van der Waals surface area contributed by atoms with Crippen LogP contribution in [-0.4, -0.2) is 21.4 Å². The Labute approximate surface area is 205 Å². The fourth-order valence-corrected chi connectivity index (χ4v) is 4.31. The second kappa shape index (κ2) is 9.15. The molecular formula is C28H21BrN2O3. The zero-order valence-electron chi connectivity index (χ0n) is 18.4. The van der Waals surface area contributed by atoms with E-state index in [2.05, 4.69) is 38.0 Å². The third-order valence-corrected chi connectivity index (χ3v) is 6.11. The molecule has 0 radical (unpaired) electrons. The van der Waals surface area contributed by atoms with Crippen molar-refractivity contribution in [2.24, 2.45) is 4.99 Å². The normalized spacial score (nSPS) is 11.5. The van der Waals surface area contributed by atoms with E-state index in [0.717, 1.165) is 23.1 Å². The lowest BCUT2D eigenvalue weighted by molar-refractivity contribution is 0.470. The second-order valence-corrected chi connectivity index (χ2v) is 8.98. The van der Waals surface area contributed by atoms with Gasteiger partial charge in [0.2, 0.25) is 5.89 Å². The molecule has 4 aromatic carbocycles. The van der Waals surface area contributed by atoms with Crippen molar-refractivity contribution < 1.29 is 14.6 Å². The quantitative estimate of drug-likeness (QED) is 0.242. The molecule has 6 heteroatoms. The van der Waals surface area contributed by atoms with E-state index in [0.29, 0.717) is 32.8 Å². The molecule has 0 spiro atoms. The van der Waals surface area contributed by atoms with Gasteiger partial charge in [0.1, 0.15) is 17.0 Å². The van der Waals surface area contributed by atoms with E-state index >= 15 is 0 Å². The van der Waals surface area contributed by atoms with Crippen LogP contribution in [0.15, 0.2) is 92.7 Å². The number of hydrogen-bond acceptors (Lipinski definition) is 5. The van der Waals surface area contributed by atoms with Crippen LogP contribution in [0.2, 0.25) is 0 Å². The number of phenolic OH excluding ortho intramolecular Hbond substituents is 2. The highest BCUT2D eigenvalue weighted by molar-refractivity contribution is 9.10. The highest BCUT2D eigenvalue weighted by atomic mass is 79.9. The first-order chi connectivity index (χ1) is 16.5. The summed E-state index contributed by atoms with van der Waals surface area (Å²) in [5.74, 6) is 0.497. The van der Waals surface area contributed by atoms with Crippen molar-refractivity contribution >= 4 is 38.9 Å². The van der Waals surface area contributed by atoms with Crippen LogP contribution >= 0.6 is 15.9 Å². The lowest BCUT2D eigenvalue weighted by atomic mass is 10.0. The van der Waals surface area contributed by atoms with Crippen molar-refractivity contribution in [2.75, 3.05) is 0 Å². The molecule has 0 amide bonds. The maximum atomic E-state index is 10.5. The molecule has 0 saturated carbocycles. The van der Waals surface area contributed by atoms with Crippen molar-refractivity contribution in [3.05, 3.63) is 106 Å². The number of fused-ring (bicyclic) bond motifs is 1. The number of aliphatic imine (C=N–C) groups is 1. The Bertz CT molecular complexity index is 1520. The molecule has 0 saturated heterocycles. The molecule has 0 fully saturated rings. The number of hydrogen-bond donors (Lipinski definition) is 2. The minimum atomic E-state index is 0.0534. The van der Waals surface area contributed by atoms with Crippen molar-refractivity contribution in [2.45, 2.75) is 13.3 Å². The summed E-state index contributed by atoms with van der Waals surface area (Å²) >= 11 is 3.44. The van der Waals surface area contributed by atoms with E-state index in [1.807, 2.05) is 55.5 Å². The van der Waals surface area contributed by atoms with Crippen molar-refractivity contribution in [3.63, 3.8) is 0 Å². The van der Waals surface area contributed by atoms with Crippen LogP contribution in [0.5, 0.6) is 11.5 Å². The number of phenols is 2. The Kier molecular flexibility index (Phi) is 5.90. The fraction of sp³-hybridized carbons (Fsp3) is 0.0714. The molecule has 2 N–H and O–H groups in total. The molecule has 5 rings (SSSR count). The van der Waals surface area contributed by atoms with Crippen LogP contribution in [0, 0.1) is 6.92 Å². The minimum Gasteiger partial charge on any atom is -0.507 e. The lowest BCUT2D eigenvalue weighted by Crippen LogP contribution is -1.92. The van der Waals surface area contributed by atoms with Crippen LogP contribution in [0.25, 0.3) is 22.6 Å². The maximum Gasteiger partial charge on any atom is 0.231 e. The molecule has 168 valence electrons. The molecule has 5 aromatic rings. The van der Waals surface area contributed by atoms with Crippen molar-refractivity contribution in [3.8, 4) is 23.0 Å². The average molecular weight is 513 g/mol. The van der Waals surface area contributed by atoms with Crippen LogP contribution in [0.1, 0.15) is 22.3 Å². The van der Waals surface area contributed by atoms with E-state index in [1.165, 1.54) is 5.56 Å². The van der Waals surface area contributed by atoms with Gasteiger partial charge in [-0.3, -0.25) is 4.99 Å². The van der Waals surface area contributed by atoms with Gasteiger partial charge in [-0.25, -0.2) is 4.98 Å². The number of halogens is 1. The molecule has 5 nitrogen and oxygen atoms in total. The summed E-state index contributed by atoms with van der Waals surface area (Å²) in [7, 11) is 0. The molecule has 0 bridgehead atoms. The summed E-state index contributed by atoms with van der Waals surface area (Å²) in [5, 5.41) is 21.0. The Morgan fingerprint density at radius 2 is 1.76 bits per heavy atom. The predicted molar refractivity (Wildman–Crippen MR) is 138 cm³/mol. The van der Waals surface area contributed by atoms with Gasteiger partial charge in [0, 0.05) is 11.8 Å². The molecule has 1 heterocycles. The topological polar surface area (TPSA) is 78.9 Å². The van der Waals surface area contributed by atoms with E-state index < -0.39 is 0 Å². The highest BCUT2D eigenvalue weighted by Gasteiger charge is 2.14. The van der Waals surface area contributed by atoms with E-state index in [9.17, 15) is 10.2 Å². The Morgan fingerprint density at radius 1 is 0.941 bits per heavy atom. The number of aromatic hydroxyl groups is 2. The molecule has 0 unspecified atom stereocenters. The SMILES string of the molecule is Cc1ccc2oc(-c3cc(N=Cc4cc(Cc5ccccc5)cc(Br)c4O)ccc3O)nc2c1. The van der Waals surface area contributed by atoms with Gasteiger partial charge in [0.25, 0.3) is 0 Å². The van der Waals surface area contributed by atoms with Crippen molar-refractivity contribution in [1.82, 2.24) is 4.98 Å². The Hall–Kier alpha value is -3.90. The van der Waals surface area contributed by atoms with Gasteiger partial charge < -0.3 is 14.6 Å². The molecule has 0 aliphatic heterocycles. The smallest absolute Gasteiger partial charge is 0.231 e. The summed E-state index contributed by atoms with van der Waals surface area (Å²) in [6, 6.07) is 24.7. The van der Waals surface area contributed by atoms with Gasteiger partial charge in [-0.15, -0.1) is 0 Å². The van der Waals surface area contributed by atoms with E-state index in [4.69, 9.17) is 4.42 Å². The van der Waals surface area contributed by atoms with Gasteiger partial charge in [0.15, 0.2) is 5.58 Å². The first-order valence-electron chi connectivity index (χ1n) is 10.8. The summed E-state index contributed by atoms with van der Waals surface area (Å²) < 4.78 is 6.45. The minimum absolute atomic E-state index is 0.0534. The predicted octanol–water partition coefficient (Wildman–Crippen LogP) is 7.32. The molecule has 0 atom stereocenters. The van der Waals surface area contributed by atoms with Gasteiger partial charge in [-0.05, 0) is 88.4 Å². The van der Waals surface area contributed by atoms with E-state index in [1.54, 1.807) is 24.4 Å². The molecule has 34 heavy (non-hydrogen) atoms. The van der Waals surface area contributed by atoms with Gasteiger partial charge >= 0.3 is 0 Å². The monoisotopic (exact) mass is 512 g/mol. The fourth-order valence-electron chi connectivity index (χ4n) is 3.78. The Morgan fingerprint density at radius 3 is 2.59 bits per heavy atom. The number of rotatable bonds is 5. The first-order valence-corrected chi connectivity index (χ1v) is 11.6. The number of aromatic nitrogens is 1. The number of nitrogens with zero attached hydrogens (tertiary/aromatic N) is 2. The van der Waals surface area contributed by atoms with Crippen LogP contribution in [0.4, 0.5) is 5.69 Å². The van der Waals surface area contributed by atoms with Crippen molar-refractivity contribution in [1.29, 1.82) is 0 Å². The van der Waals surface area contributed by atoms with Crippen LogP contribution in [-0.2, 0) is 6.42 Å². The molecule has 1 aromatic heterocycles. The van der Waals surface area contributed by atoms with Crippen LogP contribution < -0.4 is 0 Å². The largest absolute Gasteiger partial charge is 0.507 e. The zero-order chi connectivity index (χ0) is 23.7. The van der Waals surface area contributed by atoms with Crippen LogP contribution in [0.3, 0.4) is 0 Å². The number of benzene rings is 4. The summed E-state index contributed by atoms with van der Waals surface area (Å²) in [5.41, 5.74) is 6.32. The number of oxazole rings is 1. The average Bonchev–Trinajstić information content (AvgIpc) is 3.25. The lowest BCUT2D eigenvalue weighted by Gasteiger charge is -2.08. The maximum absolute atomic E-state index is 10.5. The highest BCUT2D eigenvalue weighted by Crippen LogP contribution is 2.35. The zero-order valence-corrected chi connectivity index (χ0v) is 20.0. The summed E-state index contributed by atoms with van der Waals surface area (Å²) in [6.07, 6.45) is 2.35. The third-order valence-electron chi connectivity index (χ3n) is 5.51. The molecule has 0 aliphatic rings. The second-order valence-electron chi connectivity index (χ2n) is 8.13.